The molecule has 1 aromatic carbocycles. The number of hydrogen-bond acceptors (Lipinski definition) is 7. The van der Waals surface area contributed by atoms with Crippen LogP contribution in [-0.4, -0.2) is 41.4 Å². The first-order valence-electron chi connectivity index (χ1n) is 11.4. The molecule has 0 saturated heterocycles. The van der Waals surface area contributed by atoms with E-state index in [0.29, 0.717) is 23.6 Å². The summed E-state index contributed by atoms with van der Waals surface area (Å²) in [6.45, 7) is 3.78. The van der Waals surface area contributed by atoms with Crippen molar-refractivity contribution in [2.75, 3.05) is 5.32 Å². The predicted octanol–water partition coefficient (Wildman–Crippen LogP) is 4.11. The molecule has 0 spiro atoms. The number of rotatable bonds is 4. The van der Waals surface area contributed by atoms with Gasteiger partial charge in [0.2, 0.25) is 5.95 Å². The van der Waals surface area contributed by atoms with Crippen LogP contribution in [0.3, 0.4) is 0 Å². The molecule has 1 aliphatic carbocycles. The van der Waals surface area contributed by atoms with Gasteiger partial charge in [0.05, 0.1) is 40.5 Å². The van der Waals surface area contributed by atoms with Crippen molar-refractivity contribution in [2.45, 2.75) is 44.2 Å². The highest BCUT2D eigenvalue weighted by atomic mass is 19.1. The van der Waals surface area contributed by atoms with Gasteiger partial charge in [-0.15, -0.1) is 0 Å². The molecule has 0 bridgehead atoms. The summed E-state index contributed by atoms with van der Waals surface area (Å²) < 4.78 is 30.3. The lowest BCUT2D eigenvalue weighted by atomic mass is 9.68. The number of nitrogens with zero attached hydrogens (tertiary/aromatic N) is 4. The van der Waals surface area contributed by atoms with Gasteiger partial charge in [-0.1, -0.05) is 6.92 Å². The highest BCUT2D eigenvalue weighted by Gasteiger charge is 2.42. The second-order valence-corrected chi connectivity index (χ2v) is 9.41. The third-order valence-electron chi connectivity index (χ3n) is 7.13. The van der Waals surface area contributed by atoms with Gasteiger partial charge in [0, 0.05) is 24.4 Å². The van der Waals surface area contributed by atoms with E-state index in [1.807, 2.05) is 13.0 Å². The summed E-state index contributed by atoms with van der Waals surface area (Å²) in [6.07, 6.45) is 6.35. The average Bonchev–Trinajstić information content (AvgIpc) is 3.19. The summed E-state index contributed by atoms with van der Waals surface area (Å²) in [5.41, 5.74) is 7.39. The van der Waals surface area contributed by atoms with Crippen LogP contribution in [0.15, 0.2) is 48.9 Å². The SMILES string of the molecule is CC1CC(c2ccncc2Nc2ncc3ccc(-c4c(F)cc(O)cc4F)nn23)CC(N)C1(C)O. The largest absolute Gasteiger partial charge is 0.508 e. The van der Waals surface area contributed by atoms with Crippen LogP contribution in [0.1, 0.15) is 38.2 Å². The first kappa shape index (κ1) is 23.1. The number of imidazole rings is 1. The lowest BCUT2D eigenvalue weighted by molar-refractivity contribution is -0.0463. The maximum absolute atomic E-state index is 14.4. The van der Waals surface area contributed by atoms with Gasteiger partial charge in [0.25, 0.3) is 0 Å². The van der Waals surface area contributed by atoms with E-state index < -0.39 is 23.0 Å². The number of aromatic nitrogens is 4. The topological polar surface area (TPSA) is 122 Å². The zero-order valence-corrected chi connectivity index (χ0v) is 19.3. The van der Waals surface area contributed by atoms with Gasteiger partial charge in [0.15, 0.2) is 0 Å². The summed E-state index contributed by atoms with van der Waals surface area (Å²) in [4.78, 5) is 8.63. The molecule has 8 nitrogen and oxygen atoms in total. The number of nitrogens with two attached hydrogens (primary N) is 1. The molecular weight excluding hydrogens is 454 g/mol. The Morgan fingerprint density at radius 2 is 1.89 bits per heavy atom. The minimum Gasteiger partial charge on any atom is -0.508 e. The minimum absolute atomic E-state index is 0.00356. The zero-order valence-electron chi connectivity index (χ0n) is 19.3. The smallest absolute Gasteiger partial charge is 0.229 e. The Morgan fingerprint density at radius 1 is 1.14 bits per heavy atom. The molecule has 5 N–H and O–H groups in total. The fourth-order valence-corrected chi connectivity index (χ4v) is 4.82. The molecule has 5 rings (SSSR count). The van der Waals surface area contributed by atoms with Crippen molar-refractivity contribution >= 4 is 17.2 Å². The van der Waals surface area contributed by atoms with Crippen molar-refractivity contribution in [3.8, 4) is 17.0 Å². The van der Waals surface area contributed by atoms with Crippen molar-refractivity contribution in [1.29, 1.82) is 0 Å². The number of phenols is 1. The molecule has 4 unspecified atom stereocenters. The first-order valence-corrected chi connectivity index (χ1v) is 11.4. The molecule has 3 aromatic heterocycles. The number of phenolic OH excluding ortho intramolecular Hbond substituents is 1. The quantitative estimate of drug-likeness (QED) is 0.347. The number of aromatic hydroxyl groups is 1. The molecule has 0 aliphatic heterocycles. The maximum Gasteiger partial charge on any atom is 0.229 e. The van der Waals surface area contributed by atoms with E-state index in [2.05, 4.69) is 20.4 Å². The van der Waals surface area contributed by atoms with Crippen molar-refractivity contribution in [2.24, 2.45) is 11.7 Å². The Balaban J connectivity index is 1.51. The second kappa shape index (κ2) is 8.54. The summed E-state index contributed by atoms with van der Waals surface area (Å²) in [7, 11) is 0. The zero-order chi connectivity index (χ0) is 24.9. The van der Waals surface area contributed by atoms with Crippen LogP contribution in [0.4, 0.5) is 20.4 Å². The van der Waals surface area contributed by atoms with Gasteiger partial charge in [-0.05, 0) is 55.4 Å². The third kappa shape index (κ3) is 4.08. The summed E-state index contributed by atoms with van der Waals surface area (Å²) >= 11 is 0. The number of fused-ring (bicyclic) bond motifs is 1. The number of hydrogen-bond donors (Lipinski definition) is 4. The molecule has 0 amide bonds. The monoisotopic (exact) mass is 480 g/mol. The van der Waals surface area contributed by atoms with E-state index in [0.717, 1.165) is 24.1 Å². The number of halogens is 2. The first-order chi connectivity index (χ1) is 16.6. The predicted molar refractivity (Wildman–Crippen MR) is 127 cm³/mol. The van der Waals surface area contributed by atoms with Gasteiger partial charge in [0.1, 0.15) is 17.4 Å². The number of benzene rings is 1. The molecule has 10 heteroatoms. The Bertz CT molecular complexity index is 1370. The van der Waals surface area contributed by atoms with Gasteiger partial charge in [-0.2, -0.15) is 9.61 Å². The summed E-state index contributed by atoms with van der Waals surface area (Å²) in [5.74, 6) is -1.90. The molecule has 35 heavy (non-hydrogen) atoms. The number of pyridine rings is 1. The van der Waals surface area contributed by atoms with E-state index in [1.54, 1.807) is 31.6 Å². The highest BCUT2D eigenvalue weighted by molar-refractivity contribution is 5.66. The van der Waals surface area contributed by atoms with Crippen LogP contribution in [0.2, 0.25) is 0 Å². The van der Waals surface area contributed by atoms with Gasteiger partial charge < -0.3 is 21.3 Å². The van der Waals surface area contributed by atoms with Crippen LogP contribution in [0, 0.1) is 17.6 Å². The Kier molecular flexibility index (Phi) is 5.65. The molecule has 1 saturated carbocycles. The van der Waals surface area contributed by atoms with E-state index >= 15 is 0 Å². The molecule has 3 heterocycles. The van der Waals surface area contributed by atoms with Crippen molar-refractivity contribution < 1.29 is 19.0 Å². The average molecular weight is 481 g/mol. The Labute approximate surface area is 200 Å². The van der Waals surface area contributed by atoms with E-state index in [4.69, 9.17) is 5.73 Å². The lowest BCUT2D eigenvalue weighted by Gasteiger charge is -2.44. The van der Waals surface area contributed by atoms with Crippen molar-refractivity contribution in [3.05, 3.63) is 66.1 Å². The third-order valence-corrected chi connectivity index (χ3v) is 7.13. The standard InChI is InChI=1S/C25H26F2N6O2/c1-13-7-14(8-22(28)25(13,2)35)17-5-6-29-12-21(17)31-24-30-11-15-3-4-20(32-33(15)24)23-18(26)9-16(34)10-19(23)27/h3-6,9-14,22,34-35H,7-8,28H2,1-2H3,(H,30,31). The van der Waals surface area contributed by atoms with Crippen LogP contribution >= 0.6 is 0 Å². The molecule has 182 valence electrons. The normalized spacial score (nSPS) is 24.6. The van der Waals surface area contributed by atoms with Crippen LogP contribution in [0.25, 0.3) is 16.8 Å². The fraction of sp³-hybridized carbons (Fsp3) is 0.320. The summed E-state index contributed by atoms with van der Waals surface area (Å²) in [5, 5.41) is 27.8. The van der Waals surface area contributed by atoms with Crippen LogP contribution in [0.5, 0.6) is 5.75 Å². The number of aliphatic hydroxyl groups is 1. The Morgan fingerprint density at radius 3 is 2.60 bits per heavy atom. The summed E-state index contributed by atoms with van der Waals surface area (Å²) in [6, 6.07) is 6.37. The molecule has 1 fully saturated rings. The van der Waals surface area contributed by atoms with Crippen molar-refractivity contribution in [1.82, 2.24) is 19.6 Å². The second-order valence-electron chi connectivity index (χ2n) is 9.41. The highest BCUT2D eigenvalue weighted by Crippen LogP contribution is 2.43. The fourth-order valence-electron chi connectivity index (χ4n) is 4.82. The maximum atomic E-state index is 14.4. The number of nitrogens with one attached hydrogen (secondary N) is 1. The van der Waals surface area contributed by atoms with E-state index in [1.165, 1.54) is 10.6 Å². The van der Waals surface area contributed by atoms with Gasteiger partial charge >= 0.3 is 0 Å². The van der Waals surface area contributed by atoms with Crippen molar-refractivity contribution in [3.63, 3.8) is 0 Å². The van der Waals surface area contributed by atoms with E-state index in [9.17, 15) is 19.0 Å². The van der Waals surface area contributed by atoms with Gasteiger partial charge in [-0.3, -0.25) is 4.98 Å². The molecule has 0 radical (unpaired) electrons. The van der Waals surface area contributed by atoms with Crippen LogP contribution < -0.4 is 11.1 Å². The Hall–Kier alpha value is -3.63. The molecular formula is C25H26F2N6O2. The van der Waals surface area contributed by atoms with E-state index in [-0.39, 0.29) is 29.1 Å². The van der Waals surface area contributed by atoms with Crippen LogP contribution in [-0.2, 0) is 0 Å². The lowest BCUT2D eigenvalue weighted by Crippen LogP contribution is -2.54. The van der Waals surface area contributed by atoms with Gasteiger partial charge in [-0.25, -0.2) is 13.8 Å². The molecule has 4 aromatic rings. The minimum atomic E-state index is -0.935. The molecule has 4 atom stereocenters. The molecule has 1 aliphatic rings. The number of anilines is 2.